The largest absolute Gasteiger partial charge is 0.411 e. The molecule has 2 nitrogen and oxygen atoms in total. The van der Waals surface area contributed by atoms with Crippen LogP contribution in [0.15, 0.2) is 24.4 Å². The van der Waals surface area contributed by atoms with Gasteiger partial charge in [0, 0.05) is 6.20 Å². The van der Waals surface area contributed by atoms with Gasteiger partial charge in [0.25, 0.3) is 0 Å². The van der Waals surface area contributed by atoms with Crippen molar-refractivity contribution in [3.63, 3.8) is 0 Å². The number of halogens is 3. The molecule has 1 aliphatic carbocycles. The zero-order valence-corrected chi connectivity index (χ0v) is 11.6. The van der Waals surface area contributed by atoms with Gasteiger partial charge in [0.15, 0.2) is 0 Å². The van der Waals surface area contributed by atoms with Crippen molar-refractivity contribution in [2.45, 2.75) is 50.8 Å². The summed E-state index contributed by atoms with van der Waals surface area (Å²) < 4.78 is 43.2. The summed E-state index contributed by atoms with van der Waals surface area (Å²) in [5.41, 5.74) is -0.286. The molecule has 1 saturated carbocycles. The second-order valence-corrected chi connectivity index (χ2v) is 5.34. The minimum Gasteiger partial charge on any atom is -0.359 e. The molecule has 0 saturated heterocycles. The van der Waals surface area contributed by atoms with Crippen LogP contribution in [-0.2, 0) is 10.3 Å². The van der Waals surface area contributed by atoms with E-state index in [-0.39, 0.29) is 5.92 Å². The number of alkyl halides is 3. The van der Waals surface area contributed by atoms with Crippen molar-refractivity contribution in [2.75, 3.05) is 6.61 Å². The molecule has 1 fully saturated rings. The lowest BCUT2D eigenvalue weighted by Gasteiger charge is -2.38. The van der Waals surface area contributed by atoms with Crippen LogP contribution in [-0.4, -0.2) is 17.8 Å². The van der Waals surface area contributed by atoms with E-state index < -0.39 is 18.4 Å². The van der Waals surface area contributed by atoms with Crippen molar-refractivity contribution in [1.82, 2.24) is 4.98 Å². The van der Waals surface area contributed by atoms with Gasteiger partial charge in [0.2, 0.25) is 0 Å². The van der Waals surface area contributed by atoms with Crippen LogP contribution in [0, 0.1) is 5.92 Å². The molecular weight excluding hydrogens is 267 g/mol. The van der Waals surface area contributed by atoms with Crippen LogP contribution in [0.4, 0.5) is 13.2 Å². The molecule has 0 aromatic carbocycles. The number of nitrogens with zero attached hydrogens (tertiary/aromatic N) is 1. The molecule has 0 amide bonds. The van der Waals surface area contributed by atoms with Gasteiger partial charge in [0.05, 0.1) is 5.69 Å². The minimum absolute atomic E-state index is 0.116. The van der Waals surface area contributed by atoms with Gasteiger partial charge >= 0.3 is 6.18 Å². The number of ether oxygens (including phenoxy) is 1. The zero-order valence-electron chi connectivity index (χ0n) is 11.6. The van der Waals surface area contributed by atoms with Crippen molar-refractivity contribution in [3.8, 4) is 0 Å². The van der Waals surface area contributed by atoms with E-state index in [2.05, 4.69) is 4.98 Å². The van der Waals surface area contributed by atoms with E-state index in [1.54, 1.807) is 24.4 Å². The summed E-state index contributed by atoms with van der Waals surface area (Å²) in [5, 5.41) is 0. The summed E-state index contributed by atoms with van der Waals surface area (Å²) in [4.78, 5) is 4.27. The number of aromatic nitrogens is 1. The molecule has 1 heterocycles. The second kappa shape index (κ2) is 6.12. The van der Waals surface area contributed by atoms with Gasteiger partial charge in [-0.3, -0.25) is 4.98 Å². The Morgan fingerprint density at radius 3 is 2.45 bits per heavy atom. The van der Waals surface area contributed by atoms with Gasteiger partial charge < -0.3 is 4.74 Å². The van der Waals surface area contributed by atoms with Gasteiger partial charge in [-0.05, 0) is 37.3 Å². The predicted octanol–water partition coefficient (Wildman–Crippen LogP) is 4.46. The van der Waals surface area contributed by atoms with Crippen molar-refractivity contribution in [2.24, 2.45) is 5.92 Å². The van der Waals surface area contributed by atoms with E-state index in [0.29, 0.717) is 12.1 Å². The maximum atomic E-state index is 12.6. The molecule has 1 atom stereocenters. The zero-order chi connectivity index (χ0) is 14.6. The Balaban J connectivity index is 2.30. The summed E-state index contributed by atoms with van der Waals surface area (Å²) >= 11 is 0. The van der Waals surface area contributed by atoms with Crippen LogP contribution in [0.25, 0.3) is 0 Å². The first-order valence-electron chi connectivity index (χ1n) is 7.10. The lowest BCUT2D eigenvalue weighted by Crippen LogP contribution is -2.40. The molecule has 112 valence electrons. The molecule has 0 bridgehead atoms. The summed E-state index contributed by atoms with van der Waals surface area (Å²) in [6.07, 6.45) is 1.72. The number of rotatable bonds is 5. The van der Waals surface area contributed by atoms with Crippen LogP contribution in [0.3, 0.4) is 0 Å². The molecule has 20 heavy (non-hydrogen) atoms. The monoisotopic (exact) mass is 287 g/mol. The highest BCUT2D eigenvalue weighted by molar-refractivity contribution is 5.15. The fourth-order valence-corrected chi connectivity index (χ4v) is 3.19. The molecule has 2 rings (SSSR count). The predicted molar refractivity (Wildman–Crippen MR) is 70.2 cm³/mol. The standard InChI is InChI=1S/C15H20F3NO/c1-2-14(12-7-3-4-8-12,20-11-15(16,17)18)13-9-5-6-10-19-13/h5-6,9-10,12H,2-4,7-8,11H2,1H3. The molecular formula is C15H20F3NO. The summed E-state index contributed by atoms with van der Waals surface area (Å²) in [7, 11) is 0. The third kappa shape index (κ3) is 3.32. The third-order valence-electron chi connectivity index (χ3n) is 4.13. The molecule has 0 aliphatic heterocycles. The Bertz CT molecular complexity index is 415. The molecule has 0 N–H and O–H groups in total. The SMILES string of the molecule is CCC(OCC(F)(F)F)(c1ccccn1)C1CCCC1. The van der Waals surface area contributed by atoms with E-state index in [1.807, 2.05) is 6.92 Å². The summed E-state index contributed by atoms with van der Waals surface area (Å²) in [6, 6.07) is 5.35. The highest BCUT2D eigenvalue weighted by atomic mass is 19.4. The smallest absolute Gasteiger partial charge is 0.359 e. The number of hydrogen-bond acceptors (Lipinski definition) is 2. The molecule has 1 unspecified atom stereocenters. The molecule has 0 radical (unpaired) electrons. The maximum Gasteiger partial charge on any atom is 0.411 e. The van der Waals surface area contributed by atoms with E-state index in [9.17, 15) is 13.2 Å². The lowest BCUT2D eigenvalue weighted by atomic mass is 9.80. The molecule has 1 aromatic heterocycles. The second-order valence-electron chi connectivity index (χ2n) is 5.34. The van der Waals surface area contributed by atoms with Gasteiger partial charge in [-0.25, -0.2) is 0 Å². The lowest BCUT2D eigenvalue weighted by molar-refractivity contribution is -0.221. The van der Waals surface area contributed by atoms with Gasteiger partial charge in [-0.2, -0.15) is 13.2 Å². The van der Waals surface area contributed by atoms with E-state index in [1.165, 1.54) is 0 Å². The Hall–Kier alpha value is -1.10. The Morgan fingerprint density at radius 1 is 1.25 bits per heavy atom. The van der Waals surface area contributed by atoms with Crippen molar-refractivity contribution >= 4 is 0 Å². The highest BCUT2D eigenvalue weighted by Crippen LogP contribution is 2.45. The first-order valence-corrected chi connectivity index (χ1v) is 7.10. The van der Waals surface area contributed by atoms with Crippen LogP contribution >= 0.6 is 0 Å². The fourth-order valence-electron chi connectivity index (χ4n) is 3.19. The van der Waals surface area contributed by atoms with Gasteiger partial charge in [-0.15, -0.1) is 0 Å². The molecule has 1 aliphatic rings. The minimum atomic E-state index is -4.31. The average molecular weight is 287 g/mol. The highest BCUT2D eigenvalue weighted by Gasteiger charge is 2.45. The van der Waals surface area contributed by atoms with Crippen LogP contribution in [0.1, 0.15) is 44.7 Å². The van der Waals surface area contributed by atoms with Crippen molar-refractivity contribution in [3.05, 3.63) is 30.1 Å². The third-order valence-corrected chi connectivity index (χ3v) is 4.13. The number of hydrogen-bond donors (Lipinski definition) is 0. The first-order chi connectivity index (χ1) is 9.48. The Morgan fingerprint density at radius 2 is 1.95 bits per heavy atom. The van der Waals surface area contributed by atoms with Crippen LogP contribution < -0.4 is 0 Å². The molecule has 1 aromatic rings. The van der Waals surface area contributed by atoms with E-state index in [4.69, 9.17) is 4.74 Å². The average Bonchev–Trinajstić information content (AvgIpc) is 2.95. The topological polar surface area (TPSA) is 22.1 Å². The molecule has 5 heteroatoms. The Labute approximate surface area is 117 Å². The molecule has 0 spiro atoms. The number of pyridine rings is 1. The van der Waals surface area contributed by atoms with Crippen molar-refractivity contribution in [1.29, 1.82) is 0 Å². The fraction of sp³-hybridized carbons (Fsp3) is 0.667. The van der Waals surface area contributed by atoms with Gasteiger partial charge in [-0.1, -0.05) is 25.8 Å². The van der Waals surface area contributed by atoms with Gasteiger partial charge in [0.1, 0.15) is 12.2 Å². The van der Waals surface area contributed by atoms with Crippen LogP contribution in [0.2, 0.25) is 0 Å². The maximum absolute atomic E-state index is 12.6. The first kappa shape index (κ1) is 15.3. The Kier molecular flexibility index (Phi) is 4.68. The summed E-state index contributed by atoms with van der Waals surface area (Å²) in [5.74, 6) is 0.116. The normalized spacial score (nSPS) is 20.0. The van der Waals surface area contributed by atoms with E-state index >= 15 is 0 Å². The van der Waals surface area contributed by atoms with Crippen LogP contribution in [0.5, 0.6) is 0 Å². The van der Waals surface area contributed by atoms with E-state index in [0.717, 1.165) is 25.7 Å². The van der Waals surface area contributed by atoms with Crippen molar-refractivity contribution < 1.29 is 17.9 Å². The summed E-state index contributed by atoms with van der Waals surface area (Å²) in [6.45, 7) is 0.664. The quantitative estimate of drug-likeness (QED) is 0.798.